The molecule has 18 heavy (non-hydrogen) atoms. The summed E-state index contributed by atoms with van der Waals surface area (Å²) < 4.78 is 5.70. The molecule has 1 aromatic rings. The maximum absolute atomic E-state index is 11.6. The van der Waals surface area contributed by atoms with Gasteiger partial charge in [-0.2, -0.15) is 0 Å². The molecule has 1 aliphatic rings. The zero-order chi connectivity index (χ0) is 13.1. The average Bonchev–Trinajstić information content (AvgIpc) is 2.71. The molecular formula is C13H11NO3Se. The SMILES string of the molecule is COC(=O)/C=C1\[Se]C(c2ccc(C)cc2)=NC1=O. The molecule has 0 saturated heterocycles. The van der Waals surface area contributed by atoms with Crippen molar-refractivity contribution in [3.05, 3.63) is 45.9 Å². The predicted molar refractivity (Wildman–Crippen MR) is 68.6 cm³/mol. The van der Waals surface area contributed by atoms with Crippen LogP contribution in [-0.4, -0.2) is 38.6 Å². The molecular weight excluding hydrogens is 297 g/mol. The summed E-state index contributed by atoms with van der Waals surface area (Å²) in [4.78, 5) is 26.7. The van der Waals surface area contributed by atoms with E-state index in [9.17, 15) is 9.59 Å². The molecule has 1 heterocycles. The van der Waals surface area contributed by atoms with Gasteiger partial charge in [-0.15, -0.1) is 0 Å². The Labute approximate surface area is 111 Å². The number of amides is 1. The number of rotatable bonds is 2. The summed E-state index contributed by atoms with van der Waals surface area (Å²) in [5.74, 6) is -0.850. The Morgan fingerprint density at radius 2 is 2.00 bits per heavy atom. The van der Waals surface area contributed by atoms with Crippen LogP contribution in [0.3, 0.4) is 0 Å². The third-order valence-electron chi connectivity index (χ3n) is 2.37. The van der Waals surface area contributed by atoms with E-state index >= 15 is 0 Å². The van der Waals surface area contributed by atoms with Gasteiger partial charge in [0.05, 0.1) is 0 Å². The van der Waals surface area contributed by atoms with Crippen LogP contribution in [0.5, 0.6) is 0 Å². The third-order valence-corrected chi connectivity index (χ3v) is 4.54. The van der Waals surface area contributed by atoms with Crippen molar-refractivity contribution in [2.75, 3.05) is 7.11 Å². The summed E-state index contributed by atoms with van der Waals surface area (Å²) in [6.07, 6.45) is 1.23. The van der Waals surface area contributed by atoms with Crippen LogP contribution in [0, 0.1) is 6.92 Å². The summed E-state index contributed by atoms with van der Waals surface area (Å²) >= 11 is -0.236. The van der Waals surface area contributed by atoms with Crippen LogP contribution in [0.1, 0.15) is 11.1 Å². The standard InChI is InChI=1S/C13H11NO3Se/c1-8-3-5-9(6-4-8)13-14-12(16)10(18-13)7-11(15)17-2/h3-7H,1-2H3/b10-7-. The van der Waals surface area contributed by atoms with E-state index in [-0.39, 0.29) is 20.9 Å². The van der Waals surface area contributed by atoms with Crippen molar-refractivity contribution in [1.82, 2.24) is 0 Å². The summed E-state index contributed by atoms with van der Waals surface area (Å²) in [5, 5.41) is 0. The van der Waals surface area contributed by atoms with Gasteiger partial charge in [0.25, 0.3) is 0 Å². The van der Waals surface area contributed by atoms with Crippen LogP contribution in [0.25, 0.3) is 0 Å². The van der Waals surface area contributed by atoms with Crippen molar-refractivity contribution in [3.63, 3.8) is 0 Å². The molecule has 1 aliphatic heterocycles. The molecule has 0 saturated carbocycles. The number of methoxy groups -OCH3 is 1. The Bertz CT molecular complexity index is 558. The van der Waals surface area contributed by atoms with Crippen molar-refractivity contribution in [2.45, 2.75) is 6.92 Å². The van der Waals surface area contributed by atoms with E-state index < -0.39 is 5.97 Å². The molecule has 0 aromatic heterocycles. The molecule has 5 heteroatoms. The van der Waals surface area contributed by atoms with Crippen LogP contribution in [-0.2, 0) is 14.3 Å². The van der Waals surface area contributed by atoms with E-state index in [0.717, 1.165) is 15.7 Å². The van der Waals surface area contributed by atoms with Gasteiger partial charge < -0.3 is 0 Å². The molecule has 0 fully saturated rings. The van der Waals surface area contributed by atoms with Gasteiger partial charge in [-0.3, -0.25) is 0 Å². The third kappa shape index (κ3) is 2.75. The molecule has 4 nitrogen and oxygen atoms in total. The summed E-state index contributed by atoms with van der Waals surface area (Å²) in [6.45, 7) is 2.00. The number of hydrogen-bond acceptors (Lipinski definition) is 3. The minimum atomic E-state index is -0.513. The second kappa shape index (κ2) is 5.29. The summed E-state index contributed by atoms with van der Waals surface area (Å²) in [6, 6.07) is 7.81. The van der Waals surface area contributed by atoms with Crippen molar-refractivity contribution < 1.29 is 14.3 Å². The van der Waals surface area contributed by atoms with Gasteiger partial charge in [-0.25, -0.2) is 0 Å². The van der Waals surface area contributed by atoms with E-state index in [1.165, 1.54) is 13.2 Å². The molecule has 1 aromatic carbocycles. The molecule has 0 atom stereocenters. The second-order valence-corrected chi connectivity index (χ2v) is 5.88. The van der Waals surface area contributed by atoms with E-state index in [1.54, 1.807) is 0 Å². The van der Waals surface area contributed by atoms with Crippen LogP contribution >= 0.6 is 0 Å². The van der Waals surface area contributed by atoms with Crippen LogP contribution < -0.4 is 0 Å². The number of aliphatic imine (C=N–C) groups is 1. The number of carbonyl (C=O) groups is 2. The van der Waals surface area contributed by atoms with Crippen LogP contribution in [0.4, 0.5) is 0 Å². The second-order valence-electron chi connectivity index (χ2n) is 3.72. The first kappa shape index (κ1) is 12.7. The van der Waals surface area contributed by atoms with Gasteiger partial charge in [0, 0.05) is 0 Å². The van der Waals surface area contributed by atoms with Crippen molar-refractivity contribution >= 4 is 31.4 Å². The molecule has 0 radical (unpaired) electrons. The summed E-state index contributed by atoms with van der Waals surface area (Å²) in [7, 11) is 1.29. The first-order valence-corrected chi connectivity index (χ1v) is 6.99. The number of esters is 1. The number of carbonyl (C=O) groups excluding carboxylic acids is 2. The Morgan fingerprint density at radius 3 is 2.61 bits per heavy atom. The number of ether oxygens (including phenoxy) is 1. The molecule has 0 N–H and O–H groups in total. The monoisotopic (exact) mass is 309 g/mol. The van der Waals surface area contributed by atoms with Crippen LogP contribution in [0.2, 0.25) is 0 Å². The quantitative estimate of drug-likeness (QED) is 0.466. The molecule has 92 valence electrons. The van der Waals surface area contributed by atoms with Gasteiger partial charge >= 0.3 is 111 Å². The molecule has 0 unspecified atom stereocenters. The molecule has 0 bridgehead atoms. The van der Waals surface area contributed by atoms with Gasteiger partial charge in [-0.1, -0.05) is 0 Å². The first-order valence-electron chi connectivity index (χ1n) is 5.27. The van der Waals surface area contributed by atoms with Crippen molar-refractivity contribution in [2.24, 2.45) is 4.99 Å². The first-order chi connectivity index (χ1) is 8.60. The molecule has 2 rings (SSSR count). The van der Waals surface area contributed by atoms with Gasteiger partial charge in [0.15, 0.2) is 0 Å². The fourth-order valence-electron chi connectivity index (χ4n) is 1.39. The van der Waals surface area contributed by atoms with E-state index in [2.05, 4.69) is 9.73 Å². The topological polar surface area (TPSA) is 55.7 Å². The Morgan fingerprint density at radius 1 is 1.33 bits per heavy atom. The Kier molecular flexibility index (Phi) is 3.74. The fourth-order valence-corrected chi connectivity index (χ4v) is 3.24. The molecule has 1 amide bonds. The zero-order valence-electron chi connectivity index (χ0n) is 9.97. The Hall–Kier alpha value is -1.71. The number of hydrogen-bond donors (Lipinski definition) is 0. The van der Waals surface area contributed by atoms with Crippen molar-refractivity contribution in [3.8, 4) is 0 Å². The van der Waals surface area contributed by atoms with Gasteiger partial charge in [0.2, 0.25) is 0 Å². The normalized spacial score (nSPS) is 16.9. The van der Waals surface area contributed by atoms with E-state index in [1.807, 2.05) is 31.2 Å². The van der Waals surface area contributed by atoms with Gasteiger partial charge in [-0.05, 0) is 0 Å². The predicted octanol–water partition coefficient (Wildman–Crippen LogP) is 1.04. The Balaban J connectivity index is 2.22. The zero-order valence-corrected chi connectivity index (χ0v) is 11.7. The number of nitrogens with zero attached hydrogens (tertiary/aromatic N) is 1. The van der Waals surface area contributed by atoms with Gasteiger partial charge in [0.1, 0.15) is 0 Å². The fraction of sp³-hybridized carbons (Fsp3) is 0.154. The molecule has 0 aliphatic carbocycles. The average molecular weight is 308 g/mol. The number of benzene rings is 1. The maximum atomic E-state index is 11.6. The van der Waals surface area contributed by atoms with E-state index in [0.29, 0.717) is 4.47 Å². The van der Waals surface area contributed by atoms with Crippen molar-refractivity contribution in [1.29, 1.82) is 0 Å². The molecule has 0 spiro atoms. The van der Waals surface area contributed by atoms with E-state index in [4.69, 9.17) is 0 Å². The van der Waals surface area contributed by atoms with Crippen LogP contribution in [0.15, 0.2) is 39.8 Å². The number of aryl methyl sites for hydroxylation is 1. The summed E-state index contributed by atoms with van der Waals surface area (Å²) in [5.41, 5.74) is 2.09. The minimum absolute atomic E-state index is 0.236.